The van der Waals surface area contributed by atoms with Gasteiger partial charge in [0.05, 0.1) is 51.7 Å². The molecule has 9 heteroatoms. The monoisotopic (exact) mass is 618 g/mol. The van der Waals surface area contributed by atoms with Crippen molar-refractivity contribution in [2.45, 2.75) is 11.9 Å². The molecule has 0 radical (unpaired) electrons. The van der Waals surface area contributed by atoms with E-state index in [0.717, 1.165) is 22.4 Å². The van der Waals surface area contributed by atoms with Crippen LogP contribution in [0.5, 0.6) is 34.5 Å². The molecule has 8 nitrogen and oxygen atoms in total. The Hall–Kier alpha value is -4.86. The van der Waals surface area contributed by atoms with Crippen LogP contribution in [-0.4, -0.2) is 33.5 Å². The Labute approximate surface area is 249 Å². The standard InChI is InChI=1S/C16H15NO3.C8H9BrO.C8H7NO2/c1-18-14-6-3-12(4-7-14)11-20-15-8-5-13(10-17)9-16(15)19-2;1-10-8-4-2-7(6-9)3-5-8;1-11-8-4-6(5-9)2-3-7(8)10/h3-9H,11H2,1-2H3;2-5H,6H2,1H3;2-4,10H,1H3. The Morgan fingerprint density at radius 1 is 0.610 bits per heavy atom. The van der Waals surface area contributed by atoms with Gasteiger partial charge in [-0.2, -0.15) is 10.5 Å². The third kappa shape index (κ3) is 10.7. The van der Waals surface area contributed by atoms with E-state index >= 15 is 0 Å². The number of hydrogen-bond donors (Lipinski definition) is 1. The van der Waals surface area contributed by atoms with Gasteiger partial charge < -0.3 is 28.8 Å². The van der Waals surface area contributed by atoms with Gasteiger partial charge in [0.2, 0.25) is 0 Å². The maximum atomic E-state index is 9.10. The number of benzene rings is 4. The molecule has 0 aromatic heterocycles. The summed E-state index contributed by atoms with van der Waals surface area (Å²) in [6, 6.07) is 29.2. The van der Waals surface area contributed by atoms with Crippen LogP contribution in [-0.2, 0) is 11.9 Å². The smallest absolute Gasteiger partial charge is 0.162 e. The number of phenolic OH excluding ortho intramolecular Hbond substituents is 1. The molecule has 0 spiro atoms. The van der Waals surface area contributed by atoms with Crippen LogP contribution in [0, 0.1) is 22.7 Å². The highest BCUT2D eigenvalue weighted by Crippen LogP contribution is 2.29. The lowest BCUT2D eigenvalue weighted by Crippen LogP contribution is -1.98. The van der Waals surface area contributed by atoms with Gasteiger partial charge in [-0.3, -0.25) is 0 Å². The lowest BCUT2D eigenvalue weighted by molar-refractivity contribution is 0.284. The van der Waals surface area contributed by atoms with Gasteiger partial charge in [0.25, 0.3) is 0 Å². The van der Waals surface area contributed by atoms with Crippen LogP contribution < -0.4 is 23.7 Å². The molecule has 0 aliphatic rings. The Balaban J connectivity index is 0.000000236. The van der Waals surface area contributed by atoms with Gasteiger partial charge in [-0.15, -0.1) is 0 Å². The average Bonchev–Trinajstić information content (AvgIpc) is 3.04. The SMILES string of the molecule is COc1cc(C#N)ccc1O.COc1ccc(CBr)cc1.COc1ccc(COc2ccc(C#N)cc2OC)cc1. The predicted molar refractivity (Wildman–Crippen MR) is 160 cm³/mol. The number of phenols is 1. The fraction of sp³-hybridized carbons (Fsp3) is 0.188. The van der Waals surface area contributed by atoms with Crippen molar-refractivity contribution in [2.24, 2.45) is 0 Å². The molecule has 0 saturated carbocycles. The minimum Gasteiger partial charge on any atom is -0.504 e. The van der Waals surface area contributed by atoms with Gasteiger partial charge >= 0.3 is 0 Å². The van der Waals surface area contributed by atoms with E-state index in [2.05, 4.69) is 22.0 Å². The molecule has 0 fully saturated rings. The highest BCUT2D eigenvalue weighted by atomic mass is 79.9. The topological polar surface area (TPSA) is 114 Å². The van der Waals surface area contributed by atoms with Crippen LogP contribution >= 0.6 is 15.9 Å². The highest BCUT2D eigenvalue weighted by molar-refractivity contribution is 9.08. The number of rotatable bonds is 8. The van der Waals surface area contributed by atoms with Crippen molar-refractivity contribution in [2.75, 3.05) is 28.4 Å². The lowest BCUT2D eigenvalue weighted by atomic mass is 10.2. The molecule has 0 saturated heterocycles. The van der Waals surface area contributed by atoms with E-state index in [1.54, 1.807) is 39.5 Å². The molecule has 4 rings (SSSR count). The zero-order valence-corrected chi connectivity index (χ0v) is 24.8. The van der Waals surface area contributed by atoms with Crippen LogP contribution in [0.3, 0.4) is 0 Å². The molecular formula is C32H31BrN2O6. The fourth-order valence-corrected chi connectivity index (χ4v) is 3.57. The number of halogens is 1. The van der Waals surface area contributed by atoms with E-state index in [1.165, 1.54) is 30.9 Å². The summed E-state index contributed by atoms with van der Waals surface area (Å²) >= 11 is 3.36. The fourth-order valence-electron chi connectivity index (χ4n) is 3.20. The summed E-state index contributed by atoms with van der Waals surface area (Å²) in [5.41, 5.74) is 3.30. The summed E-state index contributed by atoms with van der Waals surface area (Å²) in [5, 5.41) is 27.3. The lowest BCUT2D eigenvalue weighted by Gasteiger charge is -2.11. The van der Waals surface area contributed by atoms with Gasteiger partial charge in [-0.05, 0) is 59.7 Å². The van der Waals surface area contributed by atoms with Crippen LogP contribution in [0.15, 0.2) is 84.9 Å². The Morgan fingerprint density at radius 3 is 1.56 bits per heavy atom. The molecule has 0 atom stereocenters. The quantitative estimate of drug-likeness (QED) is 0.210. The first kappa shape index (κ1) is 32.4. The first-order valence-corrected chi connectivity index (χ1v) is 13.3. The summed E-state index contributed by atoms with van der Waals surface area (Å²) in [5.74, 6) is 3.25. The predicted octanol–water partition coefficient (Wildman–Crippen LogP) is 7.02. The summed E-state index contributed by atoms with van der Waals surface area (Å²) in [6.45, 7) is 0.423. The Bertz CT molecular complexity index is 1420. The van der Waals surface area contributed by atoms with Crippen molar-refractivity contribution >= 4 is 15.9 Å². The molecule has 0 aliphatic carbocycles. The third-order valence-corrected chi connectivity index (χ3v) is 6.12. The zero-order chi connectivity index (χ0) is 30.0. The average molecular weight is 620 g/mol. The largest absolute Gasteiger partial charge is 0.504 e. The minimum absolute atomic E-state index is 0.0477. The van der Waals surface area contributed by atoms with Gasteiger partial charge in [0.1, 0.15) is 18.1 Å². The number of aromatic hydroxyl groups is 1. The molecule has 0 aliphatic heterocycles. The zero-order valence-electron chi connectivity index (χ0n) is 23.3. The van der Waals surface area contributed by atoms with Crippen LogP contribution in [0.4, 0.5) is 0 Å². The second-order valence-corrected chi connectivity index (χ2v) is 8.66. The van der Waals surface area contributed by atoms with Gasteiger partial charge in [-0.1, -0.05) is 40.2 Å². The number of hydrogen-bond acceptors (Lipinski definition) is 8. The van der Waals surface area contributed by atoms with Crippen LogP contribution in [0.25, 0.3) is 0 Å². The molecule has 0 amide bonds. The first-order valence-electron chi connectivity index (χ1n) is 12.2. The Morgan fingerprint density at radius 2 is 1.10 bits per heavy atom. The van der Waals surface area contributed by atoms with E-state index < -0.39 is 0 Å². The number of alkyl halides is 1. The number of nitriles is 2. The maximum absolute atomic E-state index is 9.10. The summed E-state index contributed by atoms with van der Waals surface area (Å²) in [7, 11) is 6.29. The van der Waals surface area contributed by atoms with Crippen LogP contribution in [0.1, 0.15) is 22.3 Å². The third-order valence-electron chi connectivity index (χ3n) is 5.47. The van der Waals surface area contributed by atoms with E-state index in [1.807, 2.05) is 54.6 Å². The molecule has 0 heterocycles. The van der Waals surface area contributed by atoms with Crippen molar-refractivity contribution in [3.8, 4) is 46.6 Å². The highest BCUT2D eigenvalue weighted by Gasteiger charge is 2.06. The molecule has 41 heavy (non-hydrogen) atoms. The summed E-state index contributed by atoms with van der Waals surface area (Å²) in [4.78, 5) is 0. The van der Waals surface area contributed by atoms with Crippen LogP contribution in [0.2, 0.25) is 0 Å². The van der Waals surface area contributed by atoms with E-state index in [0.29, 0.717) is 35.0 Å². The normalized spacial score (nSPS) is 9.34. The summed E-state index contributed by atoms with van der Waals surface area (Å²) < 4.78 is 25.8. The van der Waals surface area contributed by atoms with Crippen molar-refractivity contribution in [1.82, 2.24) is 0 Å². The molecule has 1 N–H and O–H groups in total. The van der Waals surface area contributed by atoms with Crippen molar-refractivity contribution < 1.29 is 28.8 Å². The van der Waals surface area contributed by atoms with Gasteiger partial charge in [0, 0.05) is 17.5 Å². The van der Waals surface area contributed by atoms with E-state index in [4.69, 9.17) is 39.3 Å². The number of nitrogens with zero attached hydrogens (tertiary/aromatic N) is 2. The molecule has 4 aromatic carbocycles. The van der Waals surface area contributed by atoms with E-state index in [9.17, 15) is 0 Å². The molecule has 0 unspecified atom stereocenters. The number of ether oxygens (including phenoxy) is 5. The maximum Gasteiger partial charge on any atom is 0.162 e. The second kappa shape index (κ2) is 17.7. The molecule has 0 bridgehead atoms. The molecule has 212 valence electrons. The van der Waals surface area contributed by atoms with Crippen molar-refractivity contribution in [1.29, 1.82) is 10.5 Å². The summed E-state index contributed by atoms with van der Waals surface area (Å²) in [6.07, 6.45) is 0. The first-order chi connectivity index (χ1) is 19.9. The van der Waals surface area contributed by atoms with Crippen molar-refractivity contribution in [3.63, 3.8) is 0 Å². The Kier molecular flexibility index (Phi) is 13.9. The number of methoxy groups -OCH3 is 4. The van der Waals surface area contributed by atoms with Crippen molar-refractivity contribution in [3.05, 3.63) is 107 Å². The second-order valence-electron chi connectivity index (χ2n) is 8.09. The van der Waals surface area contributed by atoms with Gasteiger partial charge in [0.15, 0.2) is 23.0 Å². The van der Waals surface area contributed by atoms with Gasteiger partial charge in [-0.25, -0.2) is 0 Å². The molecular weight excluding hydrogens is 588 g/mol. The van der Waals surface area contributed by atoms with E-state index in [-0.39, 0.29) is 5.75 Å². The molecule has 4 aromatic rings. The minimum atomic E-state index is 0.0477.